The number of hydrogen-bond acceptors (Lipinski definition) is 9. The van der Waals surface area contributed by atoms with Gasteiger partial charge in [-0.05, 0) is 35.6 Å². The Morgan fingerprint density at radius 3 is 1.98 bits per heavy atom. The van der Waals surface area contributed by atoms with Crippen molar-refractivity contribution in [1.82, 2.24) is 10.2 Å². The lowest BCUT2D eigenvalue weighted by molar-refractivity contribution is -0.140. The van der Waals surface area contributed by atoms with Crippen molar-refractivity contribution < 1.29 is 49.1 Å². The normalized spacial score (nSPS) is 13.9. The Hall–Kier alpha value is -3.69. The quantitative estimate of drug-likeness (QED) is 0.195. The van der Waals surface area contributed by atoms with Crippen LogP contribution in [-0.2, 0) is 27.4 Å². The standard InChI is InChI=1S/C21H24N2O5.C6H13NO2.BH3O3/c24-20(25)19(22-21(26)23-10-12-27-13-11-23)14-16-6-8-18(9-7-16)28-15-17-4-2-1-3-5-17;1-4(2)3-5(7)6(8)9;2-1(3)4/h1-9,19H,10-15H2,(H,22,26)(H,24,25);4-5H,3,7H2,1-2H3,(H,8,9);2-4H/t19-;5-;/m00./s1. The monoisotopic (exact) mass is 577 g/mol. The van der Waals surface area contributed by atoms with E-state index < -0.39 is 31.3 Å². The molecule has 0 aliphatic carbocycles. The van der Waals surface area contributed by atoms with Crippen molar-refractivity contribution in [2.75, 3.05) is 26.3 Å². The number of nitrogens with two attached hydrogens (primary N) is 1. The Labute approximate surface area is 239 Å². The molecule has 0 saturated carbocycles. The summed E-state index contributed by atoms with van der Waals surface area (Å²) in [4.78, 5) is 35.5. The molecule has 2 aromatic rings. The zero-order valence-electron chi connectivity index (χ0n) is 23.3. The Morgan fingerprint density at radius 2 is 1.51 bits per heavy atom. The molecule has 2 atom stereocenters. The van der Waals surface area contributed by atoms with E-state index in [1.165, 1.54) is 0 Å². The van der Waals surface area contributed by atoms with Gasteiger partial charge >= 0.3 is 25.3 Å². The number of carbonyl (C=O) groups is 3. The van der Waals surface area contributed by atoms with E-state index in [-0.39, 0.29) is 12.5 Å². The van der Waals surface area contributed by atoms with Gasteiger partial charge in [-0.15, -0.1) is 0 Å². The molecule has 41 heavy (non-hydrogen) atoms. The van der Waals surface area contributed by atoms with Crippen molar-refractivity contribution in [3.05, 3.63) is 65.7 Å². The molecular formula is C27H40BN3O10. The van der Waals surface area contributed by atoms with E-state index in [1.54, 1.807) is 17.0 Å². The highest BCUT2D eigenvalue weighted by Crippen LogP contribution is 2.16. The number of amides is 2. The summed E-state index contributed by atoms with van der Waals surface area (Å²) < 4.78 is 10.9. The molecule has 1 heterocycles. The molecule has 0 radical (unpaired) electrons. The van der Waals surface area contributed by atoms with Crippen LogP contribution < -0.4 is 15.8 Å². The minimum absolute atomic E-state index is 0.199. The van der Waals surface area contributed by atoms with Gasteiger partial charge in [0.25, 0.3) is 0 Å². The number of benzene rings is 2. The smallest absolute Gasteiger partial charge is 0.489 e. The van der Waals surface area contributed by atoms with Crippen LogP contribution in [0.5, 0.6) is 5.75 Å². The first-order chi connectivity index (χ1) is 19.4. The average molecular weight is 577 g/mol. The van der Waals surface area contributed by atoms with E-state index in [0.29, 0.717) is 51.0 Å². The molecule has 3 rings (SSSR count). The largest absolute Gasteiger partial charge is 0.631 e. The fraction of sp³-hybridized carbons (Fsp3) is 0.444. The molecule has 1 fully saturated rings. The summed E-state index contributed by atoms with van der Waals surface area (Å²) in [7, 11) is -2.17. The van der Waals surface area contributed by atoms with Crippen molar-refractivity contribution in [3.8, 4) is 5.75 Å². The molecule has 14 heteroatoms. The molecule has 2 amide bonds. The molecule has 8 N–H and O–H groups in total. The van der Waals surface area contributed by atoms with Crippen LogP contribution in [0, 0.1) is 5.92 Å². The number of rotatable bonds is 10. The summed E-state index contributed by atoms with van der Waals surface area (Å²) in [6.45, 7) is 6.22. The van der Waals surface area contributed by atoms with E-state index in [9.17, 15) is 19.5 Å². The van der Waals surface area contributed by atoms with Gasteiger partial charge in [-0.2, -0.15) is 0 Å². The van der Waals surface area contributed by atoms with E-state index in [1.807, 2.05) is 56.3 Å². The summed E-state index contributed by atoms with van der Waals surface area (Å²) >= 11 is 0. The summed E-state index contributed by atoms with van der Waals surface area (Å²) in [5.41, 5.74) is 7.10. The van der Waals surface area contributed by atoms with Crippen LogP contribution in [-0.4, -0.2) is 93.9 Å². The van der Waals surface area contributed by atoms with E-state index in [4.69, 9.17) is 35.4 Å². The number of carbonyl (C=O) groups excluding carboxylic acids is 1. The second-order valence-corrected chi connectivity index (χ2v) is 9.48. The minimum atomic E-state index is -2.17. The van der Waals surface area contributed by atoms with Crippen molar-refractivity contribution in [2.45, 2.75) is 45.4 Å². The predicted molar refractivity (Wildman–Crippen MR) is 151 cm³/mol. The maximum absolute atomic E-state index is 12.3. The van der Waals surface area contributed by atoms with Crippen molar-refractivity contribution in [1.29, 1.82) is 0 Å². The van der Waals surface area contributed by atoms with Gasteiger partial charge < -0.3 is 50.7 Å². The van der Waals surface area contributed by atoms with Gasteiger partial charge in [0.1, 0.15) is 24.4 Å². The van der Waals surface area contributed by atoms with E-state index >= 15 is 0 Å². The van der Waals surface area contributed by atoms with Gasteiger partial charge in [-0.1, -0.05) is 56.3 Å². The lowest BCUT2D eigenvalue weighted by atomic mass is 10.1. The third-order valence-electron chi connectivity index (χ3n) is 5.55. The Kier molecular flexibility index (Phi) is 16.7. The van der Waals surface area contributed by atoms with Crippen LogP contribution in [0.25, 0.3) is 0 Å². The van der Waals surface area contributed by atoms with Crippen LogP contribution in [0.3, 0.4) is 0 Å². The zero-order valence-corrected chi connectivity index (χ0v) is 23.3. The molecule has 1 aliphatic rings. The Morgan fingerprint density at radius 1 is 0.951 bits per heavy atom. The zero-order chi connectivity index (χ0) is 30.8. The third-order valence-corrected chi connectivity index (χ3v) is 5.55. The van der Waals surface area contributed by atoms with E-state index in [2.05, 4.69) is 5.32 Å². The lowest BCUT2D eigenvalue weighted by Gasteiger charge is -2.28. The predicted octanol–water partition coefficient (Wildman–Crippen LogP) is 0.696. The number of ether oxygens (including phenoxy) is 2. The third kappa shape index (κ3) is 16.2. The van der Waals surface area contributed by atoms with Crippen LogP contribution in [0.2, 0.25) is 0 Å². The summed E-state index contributed by atoms with van der Waals surface area (Å²) in [6.07, 6.45) is 0.750. The molecule has 226 valence electrons. The number of aliphatic carboxylic acids is 2. The first kappa shape index (κ1) is 35.3. The SMILES string of the molecule is CC(C)C[C@H](N)C(=O)O.O=C(O)[C@H](Cc1ccc(OCc2ccccc2)cc1)NC(=O)N1CCOCC1.OB(O)O. The molecule has 0 spiro atoms. The molecule has 0 aromatic heterocycles. The number of carboxylic acids is 2. The molecule has 2 aromatic carbocycles. The molecule has 0 unspecified atom stereocenters. The van der Waals surface area contributed by atoms with Crippen LogP contribution in [0.1, 0.15) is 31.4 Å². The lowest BCUT2D eigenvalue weighted by Crippen LogP contribution is -2.51. The van der Waals surface area contributed by atoms with Crippen LogP contribution in [0.15, 0.2) is 54.6 Å². The molecule has 1 saturated heterocycles. The average Bonchev–Trinajstić information content (AvgIpc) is 2.93. The van der Waals surface area contributed by atoms with Gasteiger partial charge in [0.05, 0.1) is 13.2 Å². The van der Waals surface area contributed by atoms with Gasteiger partial charge in [-0.25, -0.2) is 9.59 Å². The number of carboxylic acid groups (broad SMARTS) is 2. The van der Waals surface area contributed by atoms with E-state index in [0.717, 1.165) is 11.1 Å². The maximum Gasteiger partial charge on any atom is 0.631 e. The van der Waals surface area contributed by atoms with Crippen LogP contribution in [0.4, 0.5) is 4.79 Å². The van der Waals surface area contributed by atoms with Gasteiger partial charge in [0, 0.05) is 19.5 Å². The fourth-order valence-electron chi connectivity index (χ4n) is 3.51. The molecule has 0 bridgehead atoms. The van der Waals surface area contributed by atoms with Crippen molar-refractivity contribution >= 4 is 25.3 Å². The molecule has 1 aliphatic heterocycles. The summed E-state index contributed by atoms with van der Waals surface area (Å²) in [6, 6.07) is 15.0. The summed E-state index contributed by atoms with van der Waals surface area (Å²) in [5.74, 6) is -0.914. The second kappa shape index (κ2) is 19.4. The number of morpholine rings is 1. The van der Waals surface area contributed by atoms with Crippen LogP contribution >= 0.6 is 0 Å². The van der Waals surface area contributed by atoms with Gasteiger partial charge in [-0.3, -0.25) is 4.79 Å². The number of nitrogens with zero attached hydrogens (tertiary/aromatic N) is 1. The molecule has 13 nitrogen and oxygen atoms in total. The first-order valence-electron chi connectivity index (χ1n) is 13.0. The van der Waals surface area contributed by atoms with Crippen molar-refractivity contribution in [2.24, 2.45) is 11.7 Å². The molecular weight excluding hydrogens is 537 g/mol. The number of hydrogen-bond donors (Lipinski definition) is 7. The highest BCUT2D eigenvalue weighted by molar-refractivity contribution is 6.30. The fourth-order valence-corrected chi connectivity index (χ4v) is 3.51. The number of nitrogens with one attached hydrogen (secondary N) is 1. The maximum atomic E-state index is 12.3. The first-order valence-corrected chi connectivity index (χ1v) is 13.0. The topological polar surface area (TPSA) is 212 Å². The number of urea groups is 1. The van der Waals surface area contributed by atoms with Gasteiger partial charge in [0.15, 0.2) is 0 Å². The highest BCUT2D eigenvalue weighted by atomic mass is 16.5. The summed E-state index contributed by atoms with van der Waals surface area (Å²) in [5, 5.41) is 41.9. The highest BCUT2D eigenvalue weighted by Gasteiger charge is 2.24. The second-order valence-electron chi connectivity index (χ2n) is 9.48. The Bertz CT molecular complexity index is 1030. The minimum Gasteiger partial charge on any atom is -0.489 e. The van der Waals surface area contributed by atoms with Crippen molar-refractivity contribution in [3.63, 3.8) is 0 Å². The Balaban J connectivity index is 0.000000541. The van der Waals surface area contributed by atoms with Gasteiger partial charge in [0.2, 0.25) is 0 Å².